The Morgan fingerprint density at radius 3 is 2.81 bits per heavy atom. The van der Waals surface area contributed by atoms with Gasteiger partial charge in [0.1, 0.15) is 10.0 Å². The molecule has 1 aromatic heterocycles. The zero-order chi connectivity index (χ0) is 10.7. The third-order valence-corrected chi connectivity index (χ3v) is 3.15. The van der Waals surface area contributed by atoms with Gasteiger partial charge in [0.2, 0.25) is 0 Å². The van der Waals surface area contributed by atoms with Crippen LogP contribution in [-0.4, -0.2) is 47.7 Å². The fraction of sp³-hybridized carbons (Fsp3) is 0.667. The number of rotatable bonds is 3. The van der Waals surface area contributed by atoms with E-state index in [9.17, 15) is 0 Å². The number of nitrogens with one attached hydrogen (secondary N) is 1. The zero-order valence-corrected chi connectivity index (χ0v) is 12.6. The third kappa shape index (κ3) is 3.55. The van der Waals surface area contributed by atoms with E-state index in [1.807, 2.05) is 14.0 Å². The number of hydrogen-bond acceptors (Lipinski definition) is 6. The summed E-state index contributed by atoms with van der Waals surface area (Å²) >= 11 is 1.66. The topological polar surface area (TPSA) is 53.4 Å². The summed E-state index contributed by atoms with van der Waals surface area (Å²) in [5, 5.41) is 13.5. The van der Waals surface area contributed by atoms with Gasteiger partial charge in [-0.25, -0.2) is 0 Å². The highest BCUT2D eigenvalue weighted by atomic mass is 127. The summed E-state index contributed by atoms with van der Waals surface area (Å²) in [6.45, 7) is 4.76. The molecular weight excluding hydrogens is 337 g/mol. The Bertz CT molecular complexity index is 365. The lowest BCUT2D eigenvalue weighted by molar-refractivity contribution is 0.534. The standard InChI is InChI=1S/C9H15N5S.HI/c1-7-12-13-8(15-7)3-4-10-9-11-5-6-14(9)2;/h3-6H2,1-2H3,(H,10,11);1H. The van der Waals surface area contributed by atoms with Crippen LogP contribution in [-0.2, 0) is 6.42 Å². The second-order valence-corrected chi connectivity index (χ2v) is 4.78. The van der Waals surface area contributed by atoms with Gasteiger partial charge in [-0.3, -0.25) is 4.99 Å². The maximum atomic E-state index is 4.35. The minimum absolute atomic E-state index is 0. The molecule has 0 saturated heterocycles. The lowest BCUT2D eigenvalue weighted by atomic mass is 10.4. The summed E-state index contributed by atoms with van der Waals surface area (Å²) in [4.78, 5) is 6.48. The number of nitrogens with zero attached hydrogens (tertiary/aromatic N) is 4. The van der Waals surface area contributed by atoms with Gasteiger partial charge < -0.3 is 10.2 Å². The molecule has 0 saturated carbocycles. The lowest BCUT2D eigenvalue weighted by Crippen LogP contribution is -2.36. The number of likely N-dealkylation sites (N-methyl/N-ethyl adjacent to an activating group) is 1. The SMILES string of the molecule is Cc1nnc(CCNC2=NCCN2C)s1.I. The highest BCUT2D eigenvalue weighted by Crippen LogP contribution is 2.07. The van der Waals surface area contributed by atoms with Gasteiger partial charge in [0.15, 0.2) is 5.96 Å². The summed E-state index contributed by atoms with van der Waals surface area (Å²) in [5.41, 5.74) is 0. The number of guanidine groups is 1. The Morgan fingerprint density at radius 2 is 2.25 bits per heavy atom. The quantitative estimate of drug-likeness (QED) is 0.821. The van der Waals surface area contributed by atoms with Gasteiger partial charge in [0, 0.05) is 26.6 Å². The average molecular weight is 353 g/mol. The van der Waals surface area contributed by atoms with Crippen molar-refractivity contribution in [3.8, 4) is 0 Å². The molecule has 90 valence electrons. The first-order valence-electron chi connectivity index (χ1n) is 5.04. The van der Waals surface area contributed by atoms with Crippen molar-refractivity contribution in [1.82, 2.24) is 20.4 Å². The number of aromatic nitrogens is 2. The number of halogens is 1. The molecule has 1 aromatic rings. The van der Waals surface area contributed by atoms with Crippen molar-refractivity contribution in [2.24, 2.45) is 4.99 Å². The first-order valence-corrected chi connectivity index (χ1v) is 5.86. The van der Waals surface area contributed by atoms with Crippen LogP contribution >= 0.6 is 35.3 Å². The maximum Gasteiger partial charge on any atom is 0.193 e. The Morgan fingerprint density at radius 1 is 1.44 bits per heavy atom. The van der Waals surface area contributed by atoms with Crippen LogP contribution in [0.2, 0.25) is 0 Å². The van der Waals surface area contributed by atoms with Crippen LogP contribution in [0.5, 0.6) is 0 Å². The molecule has 0 spiro atoms. The van der Waals surface area contributed by atoms with Crippen molar-refractivity contribution < 1.29 is 0 Å². The molecule has 2 heterocycles. The van der Waals surface area contributed by atoms with Gasteiger partial charge in [-0.05, 0) is 6.92 Å². The van der Waals surface area contributed by atoms with Crippen molar-refractivity contribution in [2.45, 2.75) is 13.3 Å². The van der Waals surface area contributed by atoms with Gasteiger partial charge in [-0.2, -0.15) is 0 Å². The van der Waals surface area contributed by atoms with E-state index >= 15 is 0 Å². The van der Waals surface area contributed by atoms with E-state index < -0.39 is 0 Å². The van der Waals surface area contributed by atoms with Crippen molar-refractivity contribution in [3.05, 3.63) is 10.0 Å². The van der Waals surface area contributed by atoms with E-state index in [0.717, 1.165) is 42.0 Å². The smallest absolute Gasteiger partial charge is 0.193 e. The predicted octanol–water partition coefficient (Wildman–Crippen LogP) is 0.898. The summed E-state index contributed by atoms with van der Waals surface area (Å²) in [6.07, 6.45) is 0.915. The summed E-state index contributed by atoms with van der Waals surface area (Å²) < 4.78 is 0. The van der Waals surface area contributed by atoms with Crippen LogP contribution in [0.15, 0.2) is 4.99 Å². The lowest BCUT2D eigenvalue weighted by Gasteiger charge is -2.14. The van der Waals surface area contributed by atoms with Gasteiger partial charge in [0.25, 0.3) is 0 Å². The van der Waals surface area contributed by atoms with Gasteiger partial charge in [-0.1, -0.05) is 0 Å². The van der Waals surface area contributed by atoms with E-state index in [1.54, 1.807) is 11.3 Å². The molecule has 0 aromatic carbocycles. The predicted molar refractivity (Wildman–Crippen MR) is 76.7 cm³/mol. The third-order valence-electron chi connectivity index (χ3n) is 2.25. The maximum absolute atomic E-state index is 4.35. The van der Waals surface area contributed by atoms with Crippen LogP contribution in [0.1, 0.15) is 10.0 Å². The highest BCUT2D eigenvalue weighted by Gasteiger charge is 2.11. The first-order chi connectivity index (χ1) is 7.25. The summed E-state index contributed by atoms with van der Waals surface area (Å²) in [6, 6.07) is 0. The summed E-state index contributed by atoms with van der Waals surface area (Å²) in [5.74, 6) is 0.997. The number of hydrogen-bond donors (Lipinski definition) is 1. The fourth-order valence-electron chi connectivity index (χ4n) is 1.44. The van der Waals surface area contributed by atoms with Crippen LogP contribution in [0.25, 0.3) is 0 Å². The van der Waals surface area contributed by atoms with E-state index in [2.05, 4.69) is 25.4 Å². The number of aliphatic imine (C=N–C) groups is 1. The van der Waals surface area contributed by atoms with Crippen molar-refractivity contribution in [3.63, 3.8) is 0 Å². The van der Waals surface area contributed by atoms with Crippen molar-refractivity contribution >= 4 is 41.3 Å². The molecule has 5 nitrogen and oxygen atoms in total. The minimum Gasteiger partial charge on any atom is -0.356 e. The first kappa shape index (κ1) is 13.6. The van der Waals surface area contributed by atoms with E-state index in [-0.39, 0.29) is 24.0 Å². The monoisotopic (exact) mass is 353 g/mol. The van der Waals surface area contributed by atoms with Gasteiger partial charge in [0.05, 0.1) is 6.54 Å². The number of aryl methyl sites for hydroxylation is 1. The second-order valence-electron chi connectivity index (χ2n) is 3.52. The van der Waals surface area contributed by atoms with Crippen LogP contribution in [0, 0.1) is 6.92 Å². The van der Waals surface area contributed by atoms with Crippen LogP contribution in [0.4, 0.5) is 0 Å². The second kappa shape index (κ2) is 6.33. The molecule has 7 heteroatoms. The molecule has 1 N–H and O–H groups in total. The molecule has 0 radical (unpaired) electrons. The van der Waals surface area contributed by atoms with E-state index in [1.165, 1.54) is 0 Å². The molecule has 0 bridgehead atoms. The van der Waals surface area contributed by atoms with Crippen LogP contribution in [0.3, 0.4) is 0 Å². The van der Waals surface area contributed by atoms with E-state index in [4.69, 9.17) is 0 Å². The molecule has 0 fully saturated rings. The fourth-order valence-corrected chi connectivity index (χ4v) is 2.15. The molecule has 2 rings (SSSR count). The highest BCUT2D eigenvalue weighted by molar-refractivity contribution is 14.0. The minimum atomic E-state index is 0. The Hall–Kier alpha value is -0.440. The van der Waals surface area contributed by atoms with Crippen molar-refractivity contribution in [2.75, 3.05) is 26.7 Å². The van der Waals surface area contributed by atoms with Crippen molar-refractivity contribution in [1.29, 1.82) is 0 Å². The Labute approximate surface area is 116 Å². The molecular formula is C9H16IN5S. The normalized spacial score (nSPS) is 14.6. The largest absolute Gasteiger partial charge is 0.356 e. The molecule has 16 heavy (non-hydrogen) atoms. The molecule has 1 aliphatic rings. The van der Waals surface area contributed by atoms with Gasteiger partial charge in [-0.15, -0.1) is 45.5 Å². The summed E-state index contributed by atoms with van der Waals surface area (Å²) in [7, 11) is 2.05. The van der Waals surface area contributed by atoms with Gasteiger partial charge >= 0.3 is 0 Å². The molecule has 1 aliphatic heterocycles. The molecule has 0 aliphatic carbocycles. The molecule has 0 atom stereocenters. The Kier molecular flexibility index (Phi) is 5.39. The van der Waals surface area contributed by atoms with Crippen LogP contribution < -0.4 is 5.32 Å². The average Bonchev–Trinajstić information content (AvgIpc) is 2.77. The molecule has 0 amide bonds. The molecule has 0 unspecified atom stereocenters. The zero-order valence-electron chi connectivity index (χ0n) is 9.43. The Balaban J connectivity index is 0.00000128. The van der Waals surface area contributed by atoms with E-state index in [0.29, 0.717) is 0 Å².